The van der Waals surface area contributed by atoms with Crippen molar-refractivity contribution in [1.82, 2.24) is 0 Å². The van der Waals surface area contributed by atoms with E-state index in [0.717, 1.165) is 19.3 Å². The van der Waals surface area contributed by atoms with Crippen LogP contribution in [-0.2, 0) is 9.53 Å². The van der Waals surface area contributed by atoms with Gasteiger partial charge in [0, 0.05) is 6.42 Å². The standard InChI is InChI=1S/C16H32O5/c1-3-4-5-6-7-8-9-10-11-12-13-15(17)21-14(2)16(18,19)20/h14,18-20H,3-13H2,1-2H3. The minimum Gasteiger partial charge on any atom is -0.454 e. The Bertz CT molecular complexity index is 260. The molecule has 5 heteroatoms. The minimum atomic E-state index is -2.96. The number of carbonyl (C=O) groups is 1. The second-order valence-corrected chi connectivity index (χ2v) is 5.75. The van der Waals surface area contributed by atoms with Gasteiger partial charge in [-0.3, -0.25) is 4.79 Å². The zero-order chi connectivity index (χ0) is 16.1. The molecule has 0 aromatic heterocycles. The van der Waals surface area contributed by atoms with Crippen molar-refractivity contribution in [2.45, 2.75) is 96.6 Å². The fourth-order valence-electron chi connectivity index (χ4n) is 2.09. The van der Waals surface area contributed by atoms with Gasteiger partial charge in [0.25, 0.3) is 0 Å². The van der Waals surface area contributed by atoms with Gasteiger partial charge in [-0.15, -0.1) is 0 Å². The van der Waals surface area contributed by atoms with Gasteiger partial charge in [-0.25, -0.2) is 0 Å². The molecule has 0 aliphatic rings. The topological polar surface area (TPSA) is 87.0 Å². The molecule has 21 heavy (non-hydrogen) atoms. The van der Waals surface area contributed by atoms with E-state index in [4.69, 9.17) is 20.1 Å². The molecular weight excluding hydrogens is 272 g/mol. The van der Waals surface area contributed by atoms with Crippen LogP contribution in [0.4, 0.5) is 0 Å². The van der Waals surface area contributed by atoms with Gasteiger partial charge in [0.1, 0.15) is 0 Å². The number of aliphatic hydroxyl groups is 3. The number of carbonyl (C=O) groups excluding carboxylic acids is 1. The van der Waals surface area contributed by atoms with E-state index in [0.29, 0.717) is 0 Å². The molecule has 0 aliphatic carbocycles. The third-order valence-electron chi connectivity index (χ3n) is 3.59. The molecule has 1 atom stereocenters. The van der Waals surface area contributed by atoms with E-state index in [1.54, 1.807) is 0 Å². The molecule has 0 aromatic rings. The van der Waals surface area contributed by atoms with Crippen molar-refractivity contribution in [2.24, 2.45) is 0 Å². The molecule has 3 N–H and O–H groups in total. The molecule has 1 unspecified atom stereocenters. The molecular formula is C16H32O5. The molecule has 0 amide bonds. The first-order chi connectivity index (χ1) is 9.88. The van der Waals surface area contributed by atoms with Gasteiger partial charge >= 0.3 is 11.9 Å². The lowest BCUT2D eigenvalue weighted by Gasteiger charge is -2.22. The Balaban J connectivity index is 3.37. The lowest BCUT2D eigenvalue weighted by atomic mass is 10.1. The van der Waals surface area contributed by atoms with Gasteiger partial charge in [-0.2, -0.15) is 0 Å². The number of hydrogen-bond acceptors (Lipinski definition) is 5. The summed E-state index contributed by atoms with van der Waals surface area (Å²) in [5.74, 6) is -3.48. The Labute approximate surface area is 128 Å². The second kappa shape index (κ2) is 12.0. The first-order valence-corrected chi connectivity index (χ1v) is 8.24. The van der Waals surface area contributed by atoms with E-state index in [2.05, 4.69) is 6.92 Å². The largest absolute Gasteiger partial charge is 0.454 e. The van der Waals surface area contributed by atoms with Crippen LogP contribution >= 0.6 is 0 Å². The number of esters is 1. The van der Waals surface area contributed by atoms with Crippen LogP contribution in [-0.4, -0.2) is 33.4 Å². The summed E-state index contributed by atoms with van der Waals surface area (Å²) in [6.07, 6.45) is 10.7. The second-order valence-electron chi connectivity index (χ2n) is 5.75. The number of ether oxygens (including phenoxy) is 1. The van der Waals surface area contributed by atoms with E-state index in [1.165, 1.54) is 51.9 Å². The van der Waals surface area contributed by atoms with Crippen LogP contribution in [0.5, 0.6) is 0 Å². The summed E-state index contributed by atoms with van der Waals surface area (Å²) in [5, 5.41) is 26.4. The van der Waals surface area contributed by atoms with Crippen molar-refractivity contribution >= 4 is 5.97 Å². The van der Waals surface area contributed by atoms with Crippen molar-refractivity contribution < 1.29 is 24.9 Å². The first-order valence-electron chi connectivity index (χ1n) is 8.24. The summed E-state index contributed by atoms with van der Waals surface area (Å²) < 4.78 is 4.71. The molecule has 0 heterocycles. The van der Waals surface area contributed by atoms with Crippen LogP contribution in [0.1, 0.15) is 84.5 Å². The number of unbranched alkanes of at least 4 members (excludes halogenated alkanes) is 9. The maximum atomic E-state index is 11.4. The highest BCUT2D eigenvalue weighted by Gasteiger charge is 2.31. The summed E-state index contributed by atoms with van der Waals surface area (Å²) in [7, 11) is 0. The summed E-state index contributed by atoms with van der Waals surface area (Å²) in [6.45, 7) is 3.45. The molecule has 0 fully saturated rings. The summed E-state index contributed by atoms with van der Waals surface area (Å²) in [5.41, 5.74) is 0. The first kappa shape index (κ1) is 20.3. The third-order valence-corrected chi connectivity index (χ3v) is 3.59. The molecule has 126 valence electrons. The average molecular weight is 304 g/mol. The summed E-state index contributed by atoms with van der Waals surface area (Å²) in [6, 6.07) is 0. The molecule has 0 rings (SSSR count). The Kier molecular flexibility index (Phi) is 11.6. The molecule has 5 nitrogen and oxygen atoms in total. The Hall–Kier alpha value is -0.650. The molecule has 0 aliphatic heterocycles. The Morgan fingerprint density at radius 1 is 0.905 bits per heavy atom. The zero-order valence-corrected chi connectivity index (χ0v) is 13.5. The highest BCUT2D eigenvalue weighted by atomic mass is 16.7. The lowest BCUT2D eigenvalue weighted by molar-refractivity contribution is -0.352. The van der Waals surface area contributed by atoms with Gasteiger partial charge in [0.15, 0.2) is 6.10 Å². The van der Waals surface area contributed by atoms with Gasteiger partial charge < -0.3 is 20.1 Å². The predicted octanol–water partition coefficient (Wildman–Crippen LogP) is 2.86. The molecule has 0 aromatic carbocycles. The number of hydrogen-bond donors (Lipinski definition) is 3. The van der Waals surface area contributed by atoms with E-state index in [1.807, 2.05) is 0 Å². The Morgan fingerprint density at radius 2 is 1.33 bits per heavy atom. The van der Waals surface area contributed by atoms with Crippen LogP contribution < -0.4 is 0 Å². The number of rotatable bonds is 13. The van der Waals surface area contributed by atoms with Crippen LogP contribution in [0, 0.1) is 0 Å². The van der Waals surface area contributed by atoms with Crippen molar-refractivity contribution in [3.8, 4) is 0 Å². The van der Waals surface area contributed by atoms with Crippen molar-refractivity contribution in [3.05, 3.63) is 0 Å². The fraction of sp³-hybridized carbons (Fsp3) is 0.938. The summed E-state index contributed by atoms with van der Waals surface area (Å²) in [4.78, 5) is 11.4. The highest BCUT2D eigenvalue weighted by molar-refractivity contribution is 5.69. The van der Waals surface area contributed by atoms with Crippen LogP contribution in [0.3, 0.4) is 0 Å². The van der Waals surface area contributed by atoms with Gasteiger partial charge in [0.2, 0.25) is 0 Å². The fourth-order valence-corrected chi connectivity index (χ4v) is 2.09. The molecule has 0 saturated carbocycles. The SMILES string of the molecule is CCCCCCCCCCCCC(=O)OC(C)C(O)(O)O. The van der Waals surface area contributed by atoms with E-state index in [9.17, 15) is 4.79 Å². The average Bonchev–Trinajstić information content (AvgIpc) is 2.39. The zero-order valence-electron chi connectivity index (χ0n) is 13.5. The van der Waals surface area contributed by atoms with E-state index in [-0.39, 0.29) is 6.42 Å². The Morgan fingerprint density at radius 3 is 1.76 bits per heavy atom. The highest BCUT2D eigenvalue weighted by Crippen LogP contribution is 2.12. The quantitative estimate of drug-likeness (QED) is 0.277. The van der Waals surface area contributed by atoms with Gasteiger partial charge in [-0.1, -0.05) is 64.7 Å². The minimum absolute atomic E-state index is 0.247. The molecule has 0 saturated heterocycles. The van der Waals surface area contributed by atoms with Gasteiger partial charge in [0.05, 0.1) is 0 Å². The molecule has 0 spiro atoms. The van der Waals surface area contributed by atoms with Crippen molar-refractivity contribution in [3.63, 3.8) is 0 Å². The molecule has 0 bridgehead atoms. The van der Waals surface area contributed by atoms with Crippen LogP contribution in [0.2, 0.25) is 0 Å². The maximum absolute atomic E-state index is 11.4. The normalized spacial score (nSPS) is 13.2. The van der Waals surface area contributed by atoms with E-state index >= 15 is 0 Å². The predicted molar refractivity (Wildman–Crippen MR) is 81.4 cm³/mol. The lowest BCUT2D eigenvalue weighted by Crippen LogP contribution is -2.42. The smallest absolute Gasteiger partial charge is 0.314 e. The molecule has 0 radical (unpaired) electrons. The maximum Gasteiger partial charge on any atom is 0.314 e. The summed E-state index contributed by atoms with van der Waals surface area (Å²) >= 11 is 0. The third kappa shape index (κ3) is 12.8. The van der Waals surface area contributed by atoms with Crippen molar-refractivity contribution in [2.75, 3.05) is 0 Å². The van der Waals surface area contributed by atoms with Gasteiger partial charge in [-0.05, 0) is 13.3 Å². The van der Waals surface area contributed by atoms with Crippen molar-refractivity contribution in [1.29, 1.82) is 0 Å². The monoisotopic (exact) mass is 304 g/mol. The van der Waals surface area contributed by atoms with E-state index < -0.39 is 18.0 Å². The van der Waals surface area contributed by atoms with Crippen LogP contribution in [0.25, 0.3) is 0 Å². The van der Waals surface area contributed by atoms with Crippen LogP contribution in [0.15, 0.2) is 0 Å².